The Bertz CT molecular complexity index is 531. The van der Waals surface area contributed by atoms with Gasteiger partial charge in [0.1, 0.15) is 18.9 Å². The van der Waals surface area contributed by atoms with Gasteiger partial charge in [-0.3, -0.25) is 14.9 Å². The molecule has 2 N–H and O–H groups in total. The molecule has 1 heterocycles. The van der Waals surface area contributed by atoms with Crippen LogP contribution in [0.3, 0.4) is 0 Å². The third kappa shape index (κ3) is 3.15. The van der Waals surface area contributed by atoms with E-state index < -0.39 is 10.8 Å². The second-order valence-corrected chi connectivity index (χ2v) is 4.15. The van der Waals surface area contributed by atoms with E-state index in [4.69, 9.17) is 14.6 Å². The summed E-state index contributed by atoms with van der Waals surface area (Å²) in [6.07, 6.45) is 0.381. The lowest BCUT2D eigenvalue weighted by atomic mass is 10.2. The summed E-state index contributed by atoms with van der Waals surface area (Å²) in [4.78, 5) is 22.0. The van der Waals surface area contributed by atoms with Gasteiger partial charge >= 0.3 is 0 Å². The number of ether oxygens (including phenoxy) is 2. The number of nitro groups is 1. The number of carbonyl (C=O) groups is 1. The van der Waals surface area contributed by atoms with Crippen molar-refractivity contribution >= 4 is 17.3 Å². The second-order valence-electron chi connectivity index (χ2n) is 4.15. The van der Waals surface area contributed by atoms with Gasteiger partial charge in [0.15, 0.2) is 11.5 Å². The molecule has 1 amide bonds. The van der Waals surface area contributed by atoms with Gasteiger partial charge in [-0.05, 0) is 6.42 Å². The number of hydrogen-bond acceptors (Lipinski definition) is 6. The molecule has 0 unspecified atom stereocenters. The third-order valence-corrected chi connectivity index (χ3v) is 2.69. The van der Waals surface area contributed by atoms with Crippen molar-refractivity contribution in [2.45, 2.75) is 12.8 Å². The number of nitrogens with one attached hydrogen (secondary N) is 1. The monoisotopic (exact) mass is 282 g/mol. The van der Waals surface area contributed by atoms with Crippen molar-refractivity contribution in [1.82, 2.24) is 0 Å². The van der Waals surface area contributed by atoms with Gasteiger partial charge in [0.2, 0.25) is 5.91 Å². The molecule has 0 aliphatic carbocycles. The van der Waals surface area contributed by atoms with Crippen LogP contribution in [-0.4, -0.2) is 35.8 Å². The number of carbonyl (C=O) groups excluding carboxylic acids is 1. The van der Waals surface area contributed by atoms with Crippen LogP contribution in [0.25, 0.3) is 0 Å². The quantitative estimate of drug-likeness (QED) is 0.617. The van der Waals surface area contributed by atoms with E-state index in [9.17, 15) is 14.9 Å². The summed E-state index contributed by atoms with van der Waals surface area (Å²) in [6.45, 7) is 0.561. The molecule has 0 aromatic heterocycles. The Morgan fingerprint density at radius 2 is 2.00 bits per heavy atom. The smallest absolute Gasteiger partial charge is 0.296 e. The predicted molar refractivity (Wildman–Crippen MR) is 69.0 cm³/mol. The second kappa shape index (κ2) is 6.20. The van der Waals surface area contributed by atoms with E-state index in [1.807, 2.05) is 0 Å². The highest BCUT2D eigenvalue weighted by molar-refractivity contribution is 5.93. The largest absolute Gasteiger partial charge is 0.486 e. The summed E-state index contributed by atoms with van der Waals surface area (Å²) in [6, 6.07) is 2.61. The zero-order valence-electron chi connectivity index (χ0n) is 10.6. The lowest BCUT2D eigenvalue weighted by molar-refractivity contribution is -0.384. The first kappa shape index (κ1) is 14.1. The molecule has 1 aliphatic heterocycles. The Morgan fingerprint density at radius 1 is 1.35 bits per heavy atom. The van der Waals surface area contributed by atoms with Crippen molar-refractivity contribution in [3.05, 3.63) is 22.2 Å². The first-order chi connectivity index (χ1) is 9.61. The number of aliphatic hydroxyl groups is 1. The molecule has 1 aromatic rings. The van der Waals surface area contributed by atoms with Gasteiger partial charge < -0.3 is 19.9 Å². The molecule has 0 saturated carbocycles. The van der Waals surface area contributed by atoms with Gasteiger partial charge in [0.25, 0.3) is 5.69 Å². The van der Waals surface area contributed by atoms with Crippen LogP contribution in [0.1, 0.15) is 12.8 Å². The van der Waals surface area contributed by atoms with E-state index in [0.29, 0.717) is 25.4 Å². The molecule has 1 aliphatic rings. The summed E-state index contributed by atoms with van der Waals surface area (Å²) in [5.74, 6) is 0.245. The summed E-state index contributed by atoms with van der Waals surface area (Å²) in [5.41, 5.74) is -0.200. The number of hydrogen-bond donors (Lipinski definition) is 2. The summed E-state index contributed by atoms with van der Waals surface area (Å²) >= 11 is 0. The van der Waals surface area contributed by atoms with E-state index in [0.717, 1.165) is 0 Å². The van der Waals surface area contributed by atoms with Crippen LogP contribution < -0.4 is 14.8 Å². The van der Waals surface area contributed by atoms with Crippen molar-refractivity contribution < 1.29 is 24.3 Å². The third-order valence-electron chi connectivity index (χ3n) is 2.69. The normalized spacial score (nSPS) is 12.8. The fraction of sp³-hybridized carbons (Fsp3) is 0.417. The highest BCUT2D eigenvalue weighted by Crippen LogP contribution is 2.39. The molecule has 108 valence electrons. The van der Waals surface area contributed by atoms with Crippen LogP contribution in [0.5, 0.6) is 11.5 Å². The number of fused-ring (bicyclic) bond motifs is 1. The first-order valence-corrected chi connectivity index (χ1v) is 6.10. The Balaban J connectivity index is 2.25. The molecule has 0 bridgehead atoms. The number of nitro benzene ring substituents is 1. The maximum atomic E-state index is 11.6. The van der Waals surface area contributed by atoms with Crippen molar-refractivity contribution in [2.75, 3.05) is 25.1 Å². The number of anilines is 1. The zero-order valence-corrected chi connectivity index (χ0v) is 10.6. The van der Waals surface area contributed by atoms with Crippen LogP contribution in [0.4, 0.5) is 11.4 Å². The van der Waals surface area contributed by atoms with E-state index in [-0.39, 0.29) is 30.2 Å². The van der Waals surface area contributed by atoms with Crippen molar-refractivity contribution in [3.8, 4) is 11.5 Å². The van der Waals surface area contributed by atoms with Gasteiger partial charge in [-0.1, -0.05) is 0 Å². The van der Waals surface area contributed by atoms with E-state index in [1.54, 1.807) is 0 Å². The molecule has 8 heteroatoms. The lowest BCUT2D eigenvalue weighted by Gasteiger charge is -2.19. The Morgan fingerprint density at radius 3 is 2.60 bits per heavy atom. The van der Waals surface area contributed by atoms with Crippen LogP contribution in [-0.2, 0) is 4.79 Å². The summed E-state index contributed by atoms with van der Waals surface area (Å²) < 4.78 is 10.6. The minimum atomic E-state index is -0.597. The molecule has 1 aromatic carbocycles. The van der Waals surface area contributed by atoms with Gasteiger partial charge in [0, 0.05) is 19.1 Å². The highest BCUT2D eigenvalue weighted by atomic mass is 16.6. The highest BCUT2D eigenvalue weighted by Gasteiger charge is 2.23. The minimum absolute atomic E-state index is 0.0576. The molecule has 0 atom stereocenters. The van der Waals surface area contributed by atoms with Crippen molar-refractivity contribution in [1.29, 1.82) is 0 Å². The number of aliphatic hydroxyl groups excluding tert-OH is 1. The number of rotatable bonds is 5. The average Bonchev–Trinajstić information content (AvgIpc) is 2.44. The molecule has 0 saturated heterocycles. The number of nitrogens with zero attached hydrogens (tertiary/aromatic N) is 1. The number of amides is 1. The predicted octanol–water partition coefficient (Wildman–Crippen LogP) is 1.08. The Kier molecular flexibility index (Phi) is 4.36. The van der Waals surface area contributed by atoms with Gasteiger partial charge in [-0.25, -0.2) is 0 Å². The maximum absolute atomic E-state index is 11.6. The van der Waals surface area contributed by atoms with Crippen molar-refractivity contribution in [2.24, 2.45) is 0 Å². The Hall–Kier alpha value is -2.35. The van der Waals surface area contributed by atoms with Gasteiger partial charge in [-0.2, -0.15) is 0 Å². The SMILES string of the molecule is O=C(CCCO)Nc1cc2c(cc1[N+](=O)[O-])OCCO2. The van der Waals surface area contributed by atoms with Crippen molar-refractivity contribution in [3.63, 3.8) is 0 Å². The molecule has 0 spiro atoms. The molecule has 20 heavy (non-hydrogen) atoms. The minimum Gasteiger partial charge on any atom is -0.486 e. The maximum Gasteiger partial charge on any atom is 0.296 e. The van der Waals surface area contributed by atoms with Crippen LogP contribution >= 0.6 is 0 Å². The van der Waals surface area contributed by atoms with Crippen LogP contribution in [0.15, 0.2) is 12.1 Å². The first-order valence-electron chi connectivity index (χ1n) is 6.10. The topological polar surface area (TPSA) is 111 Å². The molecular formula is C12H14N2O6. The summed E-state index contributed by atoms with van der Waals surface area (Å²) in [7, 11) is 0. The average molecular weight is 282 g/mol. The molecule has 0 fully saturated rings. The van der Waals surface area contributed by atoms with Gasteiger partial charge in [-0.15, -0.1) is 0 Å². The Labute approximate surface area is 114 Å². The standard InChI is InChI=1S/C12H14N2O6/c15-3-1-2-12(16)13-8-6-10-11(20-5-4-19-10)7-9(8)14(17)18/h6-7,15H,1-5H2,(H,13,16). The van der Waals surface area contributed by atoms with Crippen LogP contribution in [0.2, 0.25) is 0 Å². The van der Waals surface area contributed by atoms with E-state index >= 15 is 0 Å². The molecule has 2 rings (SSSR count). The molecular weight excluding hydrogens is 268 g/mol. The molecule has 0 radical (unpaired) electrons. The van der Waals surface area contributed by atoms with E-state index in [2.05, 4.69) is 5.32 Å². The lowest BCUT2D eigenvalue weighted by Crippen LogP contribution is -2.17. The molecule has 8 nitrogen and oxygen atoms in total. The fourth-order valence-electron chi connectivity index (χ4n) is 1.78. The van der Waals surface area contributed by atoms with Gasteiger partial charge in [0.05, 0.1) is 11.0 Å². The zero-order chi connectivity index (χ0) is 14.5. The summed E-state index contributed by atoms with van der Waals surface area (Å²) in [5, 5.41) is 22.1. The van der Waals surface area contributed by atoms with E-state index in [1.165, 1.54) is 12.1 Å². The fourth-order valence-corrected chi connectivity index (χ4v) is 1.78. The number of benzene rings is 1. The van der Waals surface area contributed by atoms with Crippen LogP contribution in [0, 0.1) is 10.1 Å².